The largest absolute Gasteiger partial charge is 0.497 e. The number of hydrogen-bond donors (Lipinski definition) is 5. The van der Waals surface area contributed by atoms with Crippen LogP contribution in [0.1, 0.15) is 44.1 Å². The first-order valence-electron chi connectivity index (χ1n) is 13.5. The first-order chi connectivity index (χ1) is 19.6. The van der Waals surface area contributed by atoms with Crippen LogP contribution in [0.4, 0.5) is 0 Å². The fourth-order valence-electron chi connectivity index (χ4n) is 4.81. The molecule has 7 N–H and O–H groups in total. The summed E-state index contributed by atoms with van der Waals surface area (Å²) in [4.78, 5) is 30.8. The van der Waals surface area contributed by atoms with Crippen LogP contribution >= 0.6 is 0 Å². The van der Waals surface area contributed by atoms with Crippen LogP contribution in [0.15, 0.2) is 64.5 Å². The summed E-state index contributed by atoms with van der Waals surface area (Å²) < 4.78 is 34.8. The topological polar surface area (TPSA) is 195 Å². The second-order valence-electron chi connectivity index (χ2n) is 9.94. The summed E-state index contributed by atoms with van der Waals surface area (Å²) in [5.74, 6) is -0.369. The molecule has 0 heterocycles. The molecule has 1 atom stereocenters. The minimum atomic E-state index is -4.14. The monoisotopic (exact) mass is 587 g/mol. The van der Waals surface area contributed by atoms with Gasteiger partial charge in [0.1, 0.15) is 17.3 Å². The first kappa shape index (κ1) is 31.9. The van der Waals surface area contributed by atoms with Gasteiger partial charge in [-0.15, -0.1) is 0 Å². The van der Waals surface area contributed by atoms with E-state index < -0.39 is 34.7 Å². The normalized spacial score (nSPS) is 15.0. The summed E-state index contributed by atoms with van der Waals surface area (Å²) in [5.41, 5.74) is 10.9. The number of ether oxygens (including phenoxy) is 1. The quantitative estimate of drug-likeness (QED) is 0.0883. The fraction of sp³-hybridized carbons (Fsp3) is 0.444. The van der Waals surface area contributed by atoms with E-state index in [1.807, 2.05) is 24.3 Å². The Bertz CT molecular complexity index is 1300. The van der Waals surface area contributed by atoms with Crippen LogP contribution in [-0.2, 0) is 30.2 Å². The number of guanidine groups is 1. The van der Waals surface area contributed by atoms with Gasteiger partial charge in [-0.2, -0.15) is 8.42 Å². The molecule has 1 unspecified atom stereocenters. The summed E-state index contributed by atoms with van der Waals surface area (Å²) in [6, 6.07) is 15.0. The predicted octanol–water partition coefficient (Wildman–Crippen LogP) is 1.30. The third-order valence-corrected chi connectivity index (χ3v) is 8.29. The van der Waals surface area contributed by atoms with Crippen molar-refractivity contribution in [2.75, 3.05) is 13.7 Å². The van der Waals surface area contributed by atoms with Gasteiger partial charge >= 0.3 is 7.12 Å². The molecular weight excluding hydrogens is 549 g/mol. The van der Waals surface area contributed by atoms with Gasteiger partial charge in [-0.3, -0.25) is 13.7 Å². The molecule has 41 heavy (non-hydrogen) atoms. The Labute approximate surface area is 241 Å². The number of nitrogens with one attached hydrogen (secondary N) is 2. The van der Waals surface area contributed by atoms with Crippen LogP contribution in [0.2, 0.25) is 6.32 Å². The van der Waals surface area contributed by atoms with Crippen molar-refractivity contribution in [2.24, 2.45) is 21.9 Å². The molecule has 12 nitrogen and oxygen atoms in total. The van der Waals surface area contributed by atoms with E-state index in [0.29, 0.717) is 25.8 Å². The van der Waals surface area contributed by atoms with Crippen molar-refractivity contribution in [1.29, 1.82) is 0 Å². The molecule has 0 radical (unpaired) electrons. The Kier molecular flexibility index (Phi) is 11.6. The molecule has 2 amide bonds. The number of amides is 2. The highest BCUT2D eigenvalue weighted by Gasteiger charge is 2.48. The van der Waals surface area contributed by atoms with Crippen molar-refractivity contribution in [1.82, 2.24) is 10.6 Å². The molecule has 0 saturated heterocycles. The number of hydrogen-bond acceptors (Lipinski definition) is 8. The Morgan fingerprint density at radius 2 is 1.80 bits per heavy atom. The maximum atomic E-state index is 13.5. The number of methoxy groups -OCH3 is 1. The lowest BCUT2D eigenvalue weighted by Crippen LogP contribution is -2.52. The van der Waals surface area contributed by atoms with Gasteiger partial charge in [-0.25, -0.2) is 4.99 Å². The van der Waals surface area contributed by atoms with Crippen LogP contribution in [0, 0.1) is 5.41 Å². The van der Waals surface area contributed by atoms with E-state index in [1.165, 1.54) is 12.1 Å². The van der Waals surface area contributed by atoms with E-state index in [1.54, 1.807) is 25.3 Å². The molecule has 14 heteroatoms. The van der Waals surface area contributed by atoms with Gasteiger partial charge in [0.2, 0.25) is 11.8 Å². The molecule has 0 aromatic heterocycles. The molecule has 1 aliphatic rings. The smallest absolute Gasteiger partial charge is 0.471 e. The zero-order chi connectivity index (χ0) is 29.9. The number of aliphatic imine (C=N–C) groups is 1. The minimum absolute atomic E-state index is 0.0612. The van der Waals surface area contributed by atoms with E-state index in [4.69, 9.17) is 20.3 Å². The minimum Gasteiger partial charge on any atom is -0.497 e. The number of rotatable bonds is 15. The Balaban J connectivity index is 1.57. The van der Waals surface area contributed by atoms with Crippen molar-refractivity contribution in [3.05, 3.63) is 60.2 Å². The van der Waals surface area contributed by atoms with Crippen molar-refractivity contribution in [2.45, 2.75) is 62.3 Å². The van der Waals surface area contributed by atoms with E-state index in [9.17, 15) is 23.0 Å². The van der Waals surface area contributed by atoms with Gasteiger partial charge in [0.05, 0.1) is 12.0 Å². The maximum Gasteiger partial charge on any atom is 0.471 e. The number of carbonyl (C=O) groups excluding carboxylic acids is 2. The standard InChI is InChI=1S/C27H38BN5O7S/c1-39-21-10-7-9-20(19-21)14-18-31-24(34)27(15-5-6-16-27)25(35)32-23(33-26(29)30)13-8-17-28(36)40-41(37,38)22-11-3-2-4-12-22/h2-4,7,9-12,19,23,36H,5-6,8,13-18H2,1H3,(H,31,34)(H,32,35)(H4,29,30,33). The van der Waals surface area contributed by atoms with Gasteiger partial charge in [0.15, 0.2) is 5.96 Å². The molecule has 222 valence electrons. The maximum absolute atomic E-state index is 13.5. The predicted molar refractivity (Wildman–Crippen MR) is 155 cm³/mol. The molecule has 3 rings (SSSR count). The van der Waals surface area contributed by atoms with Crippen molar-refractivity contribution in [3.8, 4) is 5.75 Å². The Morgan fingerprint density at radius 1 is 1.10 bits per heavy atom. The van der Waals surface area contributed by atoms with Crippen LogP contribution in [0.5, 0.6) is 5.75 Å². The highest BCUT2D eigenvalue weighted by Crippen LogP contribution is 2.39. The number of nitrogens with two attached hydrogens (primary N) is 2. The molecule has 1 aliphatic carbocycles. The summed E-state index contributed by atoms with van der Waals surface area (Å²) in [6.07, 6.45) is 2.25. The molecule has 1 fully saturated rings. The summed E-state index contributed by atoms with van der Waals surface area (Å²) in [6.45, 7) is 0.349. The van der Waals surface area contributed by atoms with Gasteiger partial charge in [0.25, 0.3) is 10.1 Å². The van der Waals surface area contributed by atoms with Gasteiger partial charge < -0.3 is 31.9 Å². The second-order valence-corrected chi connectivity index (χ2v) is 11.5. The summed E-state index contributed by atoms with van der Waals surface area (Å²) >= 11 is 0. The van der Waals surface area contributed by atoms with Gasteiger partial charge in [-0.05, 0) is 61.8 Å². The average molecular weight is 588 g/mol. The zero-order valence-corrected chi connectivity index (χ0v) is 23.9. The third-order valence-electron chi connectivity index (χ3n) is 6.96. The molecule has 1 saturated carbocycles. The van der Waals surface area contributed by atoms with Crippen LogP contribution in [-0.4, -0.2) is 58.2 Å². The summed E-state index contributed by atoms with van der Waals surface area (Å²) in [5, 5.41) is 15.9. The number of benzene rings is 2. The summed E-state index contributed by atoms with van der Waals surface area (Å²) in [7, 11) is -4.16. The number of nitrogens with zero attached hydrogens (tertiary/aromatic N) is 1. The first-order valence-corrected chi connectivity index (χ1v) is 14.9. The van der Waals surface area contributed by atoms with E-state index in [0.717, 1.165) is 24.2 Å². The van der Waals surface area contributed by atoms with Crippen LogP contribution < -0.4 is 26.8 Å². The molecule has 0 bridgehead atoms. The fourth-order valence-corrected chi connectivity index (χ4v) is 5.80. The lowest BCUT2D eigenvalue weighted by atomic mass is 9.82. The average Bonchev–Trinajstić information content (AvgIpc) is 3.44. The molecule has 2 aromatic rings. The van der Waals surface area contributed by atoms with Crippen molar-refractivity contribution < 1.29 is 31.9 Å². The Morgan fingerprint density at radius 3 is 2.46 bits per heavy atom. The lowest BCUT2D eigenvalue weighted by molar-refractivity contribution is -0.143. The van der Waals surface area contributed by atoms with Crippen molar-refractivity contribution >= 4 is 35.0 Å². The van der Waals surface area contributed by atoms with E-state index in [-0.39, 0.29) is 35.9 Å². The van der Waals surface area contributed by atoms with Gasteiger partial charge in [0, 0.05) is 6.54 Å². The van der Waals surface area contributed by atoms with E-state index >= 15 is 0 Å². The zero-order valence-electron chi connectivity index (χ0n) is 23.1. The van der Waals surface area contributed by atoms with E-state index in [2.05, 4.69) is 15.6 Å². The molecular formula is C27H38BN5O7S. The molecule has 0 aliphatic heterocycles. The van der Waals surface area contributed by atoms with Gasteiger partial charge in [-0.1, -0.05) is 49.6 Å². The third kappa shape index (κ3) is 9.20. The van der Waals surface area contributed by atoms with Crippen LogP contribution in [0.3, 0.4) is 0 Å². The second kappa shape index (κ2) is 14.9. The molecule has 0 spiro atoms. The van der Waals surface area contributed by atoms with Crippen LogP contribution in [0.25, 0.3) is 0 Å². The number of carbonyl (C=O) groups is 2. The highest BCUT2D eigenvalue weighted by atomic mass is 32.2. The Hall–Kier alpha value is -3.62. The SMILES string of the molecule is COc1cccc(CCNC(=O)C2(C(=O)NC(CCCB(O)OS(=O)(=O)c3ccccc3)N=C(N)N)CCCC2)c1. The van der Waals surface area contributed by atoms with Crippen molar-refractivity contribution in [3.63, 3.8) is 0 Å². The molecule has 2 aromatic carbocycles. The lowest BCUT2D eigenvalue weighted by Gasteiger charge is -2.28. The highest BCUT2D eigenvalue weighted by molar-refractivity contribution is 7.87.